The second-order valence-corrected chi connectivity index (χ2v) is 18.6. The van der Waals surface area contributed by atoms with Gasteiger partial charge in [-0.3, -0.25) is 0 Å². The van der Waals surface area contributed by atoms with E-state index in [1.807, 2.05) is 11.3 Å². The van der Waals surface area contributed by atoms with E-state index >= 15 is 0 Å². The Morgan fingerprint density at radius 3 is 1.82 bits per heavy atom. The highest BCUT2D eigenvalue weighted by Gasteiger charge is 2.52. The number of thiophene rings is 1. The van der Waals surface area contributed by atoms with Crippen molar-refractivity contribution in [3.8, 4) is 27.9 Å². The van der Waals surface area contributed by atoms with Crippen LogP contribution in [0.4, 0.5) is 17.1 Å². The largest absolute Gasteiger partial charge is 0.456 e. The highest BCUT2D eigenvalue weighted by Crippen LogP contribution is 2.64. The van der Waals surface area contributed by atoms with Gasteiger partial charge in [-0.2, -0.15) is 0 Å². The molecule has 3 nitrogen and oxygen atoms in total. The Balaban J connectivity index is 1.06. The number of benzene rings is 10. The molecular weight excluding hydrogens is 809 g/mol. The minimum Gasteiger partial charge on any atom is -0.456 e. The fraction of sp³-hybridized carbons (Fsp3) is 0.0164. The number of fused-ring (bicyclic) bond motifs is 20. The number of furan rings is 1. The smallest absolute Gasteiger partial charge is 0.137 e. The molecule has 4 heteroatoms. The third-order valence-corrected chi connectivity index (χ3v) is 15.5. The number of hydrogen-bond donors (Lipinski definition) is 0. The molecule has 302 valence electrons. The molecule has 3 aromatic heterocycles. The van der Waals surface area contributed by atoms with Gasteiger partial charge in [0.25, 0.3) is 0 Å². The minimum absolute atomic E-state index is 0.460. The van der Waals surface area contributed by atoms with E-state index in [1.165, 1.54) is 75.5 Å². The van der Waals surface area contributed by atoms with E-state index in [1.54, 1.807) is 0 Å². The lowest BCUT2D eigenvalue weighted by molar-refractivity contribution is 0.669. The summed E-state index contributed by atoms with van der Waals surface area (Å²) >= 11 is 1.87. The SMILES string of the molecule is c1ccc(-n2c3cc(N(c4ccc5c(c4)sc4ccccc45)c4cccc5c4-c4ccccc4C54c5ccccc5-c5ccccc54)ccc3c3ccc4oc5ccccc5c4c32)cc1. The average molecular weight is 845 g/mol. The summed E-state index contributed by atoms with van der Waals surface area (Å²) in [5.74, 6) is 0. The molecule has 65 heavy (non-hydrogen) atoms. The van der Waals surface area contributed by atoms with Crippen LogP contribution in [0, 0.1) is 0 Å². The molecule has 0 amide bonds. The van der Waals surface area contributed by atoms with Gasteiger partial charge in [-0.1, -0.05) is 152 Å². The first-order chi connectivity index (χ1) is 32.3. The predicted molar refractivity (Wildman–Crippen MR) is 272 cm³/mol. The summed E-state index contributed by atoms with van der Waals surface area (Å²) in [6.07, 6.45) is 0. The monoisotopic (exact) mass is 844 g/mol. The Hall–Kier alpha value is -8.18. The molecule has 0 atom stereocenters. The summed E-state index contributed by atoms with van der Waals surface area (Å²) in [6, 6.07) is 80.9. The first kappa shape index (κ1) is 35.3. The second kappa shape index (κ2) is 12.9. The van der Waals surface area contributed by atoms with Gasteiger partial charge in [0, 0.05) is 59.0 Å². The number of para-hydroxylation sites is 2. The van der Waals surface area contributed by atoms with Gasteiger partial charge in [-0.15, -0.1) is 11.3 Å². The van der Waals surface area contributed by atoms with Crippen LogP contribution in [-0.4, -0.2) is 4.57 Å². The summed E-state index contributed by atoms with van der Waals surface area (Å²) in [7, 11) is 0. The molecule has 10 aromatic carbocycles. The standard InChI is InChI=1S/C61H36N2OS/c1-2-15-37(16-3-1)63-53-35-38(29-31-42(53)45-33-34-55-59(60(45)63)47-21-7-12-27-54(47)64-55)62(39-30-32-44-43-19-8-13-28-56(43)65-57(44)36-39)52-26-14-25-51-58(52)46-20-6-11-24-50(46)61(51)48-22-9-4-17-40(48)41-18-5-10-23-49(41)61/h1-36H. The fourth-order valence-electron chi connectivity index (χ4n) is 11.9. The van der Waals surface area contributed by atoms with Crippen LogP contribution >= 0.6 is 11.3 Å². The van der Waals surface area contributed by atoms with Crippen LogP contribution in [0.15, 0.2) is 223 Å². The van der Waals surface area contributed by atoms with E-state index < -0.39 is 5.41 Å². The van der Waals surface area contributed by atoms with Gasteiger partial charge in [0.1, 0.15) is 11.2 Å². The van der Waals surface area contributed by atoms with Crippen molar-refractivity contribution in [1.82, 2.24) is 4.57 Å². The molecular formula is C61H36N2OS. The van der Waals surface area contributed by atoms with Gasteiger partial charge in [-0.25, -0.2) is 0 Å². The molecule has 0 fully saturated rings. The third kappa shape index (κ3) is 4.58. The van der Waals surface area contributed by atoms with Gasteiger partial charge < -0.3 is 13.9 Å². The van der Waals surface area contributed by atoms with E-state index in [0.717, 1.165) is 55.7 Å². The maximum atomic E-state index is 6.52. The van der Waals surface area contributed by atoms with Crippen molar-refractivity contribution in [3.63, 3.8) is 0 Å². The van der Waals surface area contributed by atoms with E-state index in [9.17, 15) is 0 Å². The Kier molecular flexibility index (Phi) is 7.03. The maximum absolute atomic E-state index is 6.52. The van der Waals surface area contributed by atoms with E-state index in [-0.39, 0.29) is 0 Å². The first-order valence-corrected chi connectivity index (χ1v) is 23.2. The Labute approximate surface area is 378 Å². The Morgan fingerprint density at radius 1 is 0.415 bits per heavy atom. The number of anilines is 3. The van der Waals surface area contributed by atoms with Crippen LogP contribution in [0.25, 0.3) is 91.9 Å². The number of aromatic nitrogens is 1. The fourth-order valence-corrected chi connectivity index (χ4v) is 13.0. The normalized spacial score (nSPS) is 13.4. The summed E-state index contributed by atoms with van der Waals surface area (Å²) in [4.78, 5) is 2.53. The molecule has 1 spiro atoms. The molecule has 0 radical (unpaired) electrons. The van der Waals surface area contributed by atoms with Gasteiger partial charge in [0.2, 0.25) is 0 Å². The van der Waals surface area contributed by atoms with Crippen molar-refractivity contribution in [2.75, 3.05) is 4.90 Å². The Bertz CT molecular complexity index is 4110. The summed E-state index contributed by atoms with van der Waals surface area (Å²) in [5.41, 5.74) is 18.6. The number of rotatable bonds is 4. The van der Waals surface area contributed by atoms with Gasteiger partial charge in [0.05, 0.1) is 27.5 Å². The van der Waals surface area contributed by atoms with E-state index in [0.29, 0.717) is 0 Å². The zero-order chi connectivity index (χ0) is 42.4. The van der Waals surface area contributed by atoms with Crippen LogP contribution in [-0.2, 0) is 5.41 Å². The predicted octanol–water partition coefficient (Wildman–Crippen LogP) is 16.9. The van der Waals surface area contributed by atoms with Crippen LogP contribution < -0.4 is 4.90 Å². The minimum atomic E-state index is -0.460. The average Bonchev–Trinajstić information content (AvgIpc) is 4.16. The van der Waals surface area contributed by atoms with Crippen molar-refractivity contribution < 1.29 is 4.42 Å². The Morgan fingerprint density at radius 2 is 1.02 bits per heavy atom. The summed E-state index contributed by atoms with van der Waals surface area (Å²) in [6.45, 7) is 0. The lowest BCUT2D eigenvalue weighted by atomic mass is 9.70. The quantitative estimate of drug-likeness (QED) is 0.176. The molecule has 15 rings (SSSR count). The molecule has 3 heterocycles. The van der Waals surface area contributed by atoms with Crippen LogP contribution in [0.5, 0.6) is 0 Å². The highest BCUT2D eigenvalue weighted by molar-refractivity contribution is 7.25. The van der Waals surface area contributed by atoms with Gasteiger partial charge in [0.15, 0.2) is 0 Å². The highest BCUT2D eigenvalue weighted by atomic mass is 32.1. The molecule has 0 aliphatic heterocycles. The molecule has 2 aliphatic carbocycles. The first-order valence-electron chi connectivity index (χ1n) is 22.3. The lowest BCUT2D eigenvalue weighted by Gasteiger charge is -2.32. The van der Waals surface area contributed by atoms with Crippen molar-refractivity contribution >= 4 is 92.3 Å². The van der Waals surface area contributed by atoms with Gasteiger partial charge in [-0.05, 0) is 106 Å². The lowest BCUT2D eigenvalue weighted by Crippen LogP contribution is -2.26. The van der Waals surface area contributed by atoms with Crippen molar-refractivity contribution in [2.45, 2.75) is 5.41 Å². The molecule has 0 N–H and O–H groups in total. The molecule has 0 unspecified atom stereocenters. The topological polar surface area (TPSA) is 21.3 Å². The second-order valence-electron chi connectivity index (χ2n) is 17.5. The van der Waals surface area contributed by atoms with Crippen LogP contribution in [0.3, 0.4) is 0 Å². The number of hydrogen-bond acceptors (Lipinski definition) is 3. The third-order valence-electron chi connectivity index (χ3n) is 14.4. The molecule has 0 saturated carbocycles. The van der Waals surface area contributed by atoms with Crippen molar-refractivity contribution in [1.29, 1.82) is 0 Å². The summed E-state index contributed by atoms with van der Waals surface area (Å²) < 4.78 is 11.5. The molecule has 0 saturated heterocycles. The number of nitrogens with zero attached hydrogens (tertiary/aromatic N) is 2. The molecule has 0 bridgehead atoms. The summed E-state index contributed by atoms with van der Waals surface area (Å²) in [5, 5.41) is 7.23. The van der Waals surface area contributed by atoms with Crippen LogP contribution in [0.2, 0.25) is 0 Å². The van der Waals surface area contributed by atoms with E-state index in [4.69, 9.17) is 4.42 Å². The molecule has 2 aliphatic rings. The van der Waals surface area contributed by atoms with Gasteiger partial charge >= 0.3 is 0 Å². The van der Waals surface area contributed by atoms with Crippen molar-refractivity contribution in [2.24, 2.45) is 0 Å². The zero-order valence-corrected chi connectivity index (χ0v) is 35.8. The zero-order valence-electron chi connectivity index (χ0n) is 35.0. The van der Waals surface area contributed by atoms with E-state index in [2.05, 4.69) is 228 Å². The van der Waals surface area contributed by atoms with Crippen LogP contribution in [0.1, 0.15) is 22.3 Å². The van der Waals surface area contributed by atoms with Crippen molar-refractivity contribution in [3.05, 3.63) is 241 Å². The molecule has 13 aromatic rings. The maximum Gasteiger partial charge on any atom is 0.137 e.